The molecule has 0 aromatic heterocycles. The van der Waals surface area contributed by atoms with Crippen molar-refractivity contribution in [2.24, 2.45) is 5.41 Å². The molecule has 0 saturated heterocycles. The van der Waals surface area contributed by atoms with Crippen molar-refractivity contribution >= 4 is 5.91 Å². The van der Waals surface area contributed by atoms with Gasteiger partial charge in [-0.25, -0.2) is 0 Å². The number of nitrogens with one attached hydrogen (secondary N) is 2. The molecule has 0 bridgehead atoms. The van der Waals surface area contributed by atoms with Crippen molar-refractivity contribution in [1.82, 2.24) is 10.6 Å². The maximum atomic E-state index is 11.4. The molecule has 1 rings (SSSR count). The summed E-state index contributed by atoms with van der Waals surface area (Å²) in [7, 11) is 0. The molecule has 1 aliphatic rings. The molecule has 15 heavy (non-hydrogen) atoms. The van der Waals surface area contributed by atoms with Gasteiger partial charge in [0, 0.05) is 18.0 Å². The Kier molecular flexibility index (Phi) is 4.54. The average molecular weight is 214 g/mol. The van der Waals surface area contributed by atoms with Crippen LogP contribution >= 0.6 is 0 Å². The molecule has 1 fully saturated rings. The first kappa shape index (κ1) is 12.5. The predicted molar refractivity (Wildman–Crippen MR) is 59.5 cm³/mol. The van der Waals surface area contributed by atoms with E-state index in [0.717, 1.165) is 19.3 Å². The van der Waals surface area contributed by atoms with Gasteiger partial charge in [-0.15, -0.1) is 0 Å². The molecule has 88 valence electrons. The molecular weight excluding hydrogens is 192 g/mol. The van der Waals surface area contributed by atoms with E-state index in [4.69, 9.17) is 5.11 Å². The van der Waals surface area contributed by atoms with Crippen molar-refractivity contribution in [1.29, 1.82) is 0 Å². The van der Waals surface area contributed by atoms with Crippen LogP contribution < -0.4 is 10.6 Å². The normalized spacial score (nSPS) is 19.7. The molecule has 0 radical (unpaired) electrons. The fourth-order valence-corrected chi connectivity index (χ4v) is 1.33. The standard InChI is InChI=1S/C11H22N2O2/c1-3-9(2)12-6-10(15)13-7-11(8-14)4-5-11/h9,12,14H,3-8H2,1-2H3,(H,13,15). The summed E-state index contributed by atoms with van der Waals surface area (Å²) in [6, 6.07) is 0.378. The maximum absolute atomic E-state index is 11.4. The number of aliphatic hydroxyl groups is 1. The van der Waals surface area contributed by atoms with Crippen LogP contribution in [0, 0.1) is 5.41 Å². The zero-order valence-corrected chi connectivity index (χ0v) is 9.68. The first-order valence-electron chi connectivity index (χ1n) is 5.73. The number of carbonyl (C=O) groups excluding carboxylic acids is 1. The van der Waals surface area contributed by atoms with E-state index in [1.54, 1.807) is 0 Å². The van der Waals surface area contributed by atoms with Crippen molar-refractivity contribution in [2.45, 2.75) is 39.2 Å². The van der Waals surface area contributed by atoms with Crippen LogP contribution in [-0.2, 0) is 4.79 Å². The number of hydrogen-bond donors (Lipinski definition) is 3. The van der Waals surface area contributed by atoms with E-state index in [-0.39, 0.29) is 17.9 Å². The van der Waals surface area contributed by atoms with Gasteiger partial charge in [0.15, 0.2) is 0 Å². The minimum Gasteiger partial charge on any atom is -0.396 e. The number of aliphatic hydroxyl groups excluding tert-OH is 1. The first-order chi connectivity index (χ1) is 7.12. The third-order valence-corrected chi connectivity index (χ3v) is 3.18. The maximum Gasteiger partial charge on any atom is 0.233 e. The van der Waals surface area contributed by atoms with Crippen LogP contribution in [0.2, 0.25) is 0 Å². The van der Waals surface area contributed by atoms with Crippen molar-refractivity contribution in [3.8, 4) is 0 Å². The summed E-state index contributed by atoms with van der Waals surface area (Å²) in [5.41, 5.74) is 0.00598. The molecular formula is C11H22N2O2. The third-order valence-electron chi connectivity index (χ3n) is 3.18. The van der Waals surface area contributed by atoms with Crippen LogP contribution in [0.3, 0.4) is 0 Å². The number of amides is 1. The Morgan fingerprint density at radius 1 is 1.53 bits per heavy atom. The summed E-state index contributed by atoms with van der Waals surface area (Å²) < 4.78 is 0. The van der Waals surface area contributed by atoms with Crippen LogP contribution in [0.4, 0.5) is 0 Å². The SMILES string of the molecule is CCC(C)NCC(=O)NCC1(CO)CC1. The Balaban J connectivity index is 2.08. The van der Waals surface area contributed by atoms with Gasteiger partial charge in [-0.05, 0) is 26.2 Å². The second kappa shape index (κ2) is 5.47. The highest BCUT2D eigenvalue weighted by atomic mass is 16.3. The fraction of sp³-hybridized carbons (Fsp3) is 0.909. The Morgan fingerprint density at radius 3 is 2.67 bits per heavy atom. The smallest absolute Gasteiger partial charge is 0.233 e. The lowest BCUT2D eigenvalue weighted by Gasteiger charge is -2.14. The second-order valence-corrected chi connectivity index (χ2v) is 4.63. The summed E-state index contributed by atoms with van der Waals surface area (Å²) in [5, 5.41) is 15.0. The van der Waals surface area contributed by atoms with Crippen LogP contribution in [0.25, 0.3) is 0 Å². The van der Waals surface area contributed by atoms with Crippen LogP contribution in [-0.4, -0.2) is 36.8 Å². The Morgan fingerprint density at radius 2 is 2.20 bits per heavy atom. The molecule has 0 spiro atoms. The highest BCUT2D eigenvalue weighted by molar-refractivity contribution is 5.78. The van der Waals surface area contributed by atoms with Gasteiger partial charge in [-0.3, -0.25) is 4.79 Å². The molecule has 1 saturated carbocycles. The highest BCUT2D eigenvalue weighted by Crippen LogP contribution is 2.44. The fourth-order valence-electron chi connectivity index (χ4n) is 1.33. The van der Waals surface area contributed by atoms with E-state index in [1.807, 2.05) is 0 Å². The van der Waals surface area contributed by atoms with Gasteiger partial charge < -0.3 is 15.7 Å². The van der Waals surface area contributed by atoms with Gasteiger partial charge in [-0.1, -0.05) is 6.92 Å². The number of rotatable bonds is 7. The number of carbonyl (C=O) groups is 1. The summed E-state index contributed by atoms with van der Waals surface area (Å²) in [4.78, 5) is 11.4. The van der Waals surface area contributed by atoms with Gasteiger partial charge in [0.2, 0.25) is 5.91 Å². The molecule has 1 unspecified atom stereocenters. The monoisotopic (exact) mass is 214 g/mol. The predicted octanol–water partition coefficient (Wildman–Crippen LogP) is 0.263. The molecule has 4 heteroatoms. The van der Waals surface area contributed by atoms with Gasteiger partial charge >= 0.3 is 0 Å². The van der Waals surface area contributed by atoms with Crippen molar-refractivity contribution in [3.63, 3.8) is 0 Å². The molecule has 0 aromatic carbocycles. The molecule has 0 aromatic rings. The summed E-state index contributed by atoms with van der Waals surface area (Å²) in [6.45, 7) is 5.32. The van der Waals surface area contributed by atoms with Crippen molar-refractivity contribution < 1.29 is 9.90 Å². The summed E-state index contributed by atoms with van der Waals surface area (Å²) in [6.07, 6.45) is 3.08. The lowest BCUT2D eigenvalue weighted by Crippen LogP contribution is -2.40. The van der Waals surface area contributed by atoms with Crippen molar-refractivity contribution in [3.05, 3.63) is 0 Å². The summed E-state index contributed by atoms with van der Waals surface area (Å²) in [5.74, 6) is 0.0232. The van der Waals surface area contributed by atoms with E-state index in [0.29, 0.717) is 19.1 Å². The van der Waals surface area contributed by atoms with E-state index in [2.05, 4.69) is 24.5 Å². The van der Waals surface area contributed by atoms with Crippen molar-refractivity contribution in [2.75, 3.05) is 19.7 Å². The second-order valence-electron chi connectivity index (χ2n) is 4.63. The molecule has 4 nitrogen and oxygen atoms in total. The quantitative estimate of drug-likeness (QED) is 0.570. The Bertz CT molecular complexity index is 215. The van der Waals surface area contributed by atoms with E-state index in [1.165, 1.54) is 0 Å². The number of hydrogen-bond acceptors (Lipinski definition) is 3. The zero-order chi connectivity index (χ0) is 11.3. The van der Waals surface area contributed by atoms with Gasteiger partial charge in [-0.2, -0.15) is 0 Å². The largest absolute Gasteiger partial charge is 0.396 e. The Hall–Kier alpha value is -0.610. The van der Waals surface area contributed by atoms with E-state index >= 15 is 0 Å². The minimum atomic E-state index is 0.00598. The lowest BCUT2D eigenvalue weighted by atomic mass is 10.1. The van der Waals surface area contributed by atoms with Crippen LogP contribution in [0.15, 0.2) is 0 Å². The Labute approximate surface area is 91.4 Å². The molecule has 0 heterocycles. The molecule has 3 N–H and O–H groups in total. The third kappa shape index (κ3) is 4.18. The molecule has 1 atom stereocenters. The van der Waals surface area contributed by atoms with Gasteiger partial charge in [0.1, 0.15) is 0 Å². The van der Waals surface area contributed by atoms with E-state index < -0.39 is 0 Å². The van der Waals surface area contributed by atoms with Crippen LogP contribution in [0.5, 0.6) is 0 Å². The summed E-state index contributed by atoms with van der Waals surface area (Å²) >= 11 is 0. The van der Waals surface area contributed by atoms with Crippen LogP contribution in [0.1, 0.15) is 33.1 Å². The molecule has 0 aliphatic heterocycles. The van der Waals surface area contributed by atoms with E-state index in [9.17, 15) is 4.79 Å². The first-order valence-corrected chi connectivity index (χ1v) is 5.73. The van der Waals surface area contributed by atoms with Gasteiger partial charge in [0.25, 0.3) is 0 Å². The average Bonchev–Trinajstić information content (AvgIpc) is 3.03. The zero-order valence-electron chi connectivity index (χ0n) is 9.68. The van der Waals surface area contributed by atoms with Gasteiger partial charge in [0.05, 0.1) is 13.2 Å². The topological polar surface area (TPSA) is 61.4 Å². The lowest BCUT2D eigenvalue weighted by molar-refractivity contribution is -0.120. The highest BCUT2D eigenvalue weighted by Gasteiger charge is 2.41. The minimum absolute atomic E-state index is 0.00598. The molecule has 1 aliphatic carbocycles. The molecule has 1 amide bonds.